The third-order valence-corrected chi connectivity index (χ3v) is 5.23. The molecule has 4 heterocycles. The maximum atomic E-state index is 13.9. The van der Waals surface area contributed by atoms with Crippen molar-refractivity contribution < 1.29 is 27.6 Å². The molecule has 14 heteroatoms. The molecule has 1 atom stereocenters. The lowest BCUT2D eigenvalue weighted by Crippen LogP contribution is -2.19. The van der Waals surface area contributed by atoms with Gasteiger partial charge in [0, 0.05) is 12.6 Å². The smallest absolute Gasteiger partial charge is 0.413 e. The van der Waals surface area contributed by atoms with E-state index in [9.17, 15) is 18.4 Å². The highest BCUT2D eigenvalue weighted by atomic mass is 19.1. The molecule has 4 aromatic rings. The van der Waals surface area contributed by atoms with Crippen LogP contribution in [0.25, 0.3) is 11.4 Å². The highest BCUT2D eigenvalue weighted by Crippen LogP contribution is 2.26. The summed E-state index contributed by atoms with van der Waals surface area (Å²) in [6, 6.07) is 4.04. The number of nitrogens with zero attached hydrogens (tertiary/aromatic N) is 6. The number of nitrogens with one attached hydrogen (secondary N) is 2. The first-order valence-corrected chi connectivity index (χ1v) is 10.5. The maximum absolute atomic E-state index is 13.9. The quantitative estimate of drug-likeness (QED) is 0.379. The Morgan fingerprint density at radius 3 is 2.58 bits per heavy atom. The summed E-state index contributed by atoms with van der Waals surface area (Å²) in [5.74, 6) is -1.96. The molecule has 0 radical (unpaired) electrons. The SMILES string of the molecule is Cc1noc(C(=O)Nc2ccc(-c3nnn(C)c3NC(=O)O[C@H](C)c3cc(F)cnc3F)nc2)c1C. The second kappa shape index (κ2) is 9.85. The van der Waals surface area contributed by atoms with Crippen molar-refractivity contribution in [3.63, 3.8) is 0 Å². The van der Waals surface area contributed by atoms with Gasteiger partial charge in [0.15, 0.2) is 11.5 Å². The van der Waals surface area contributed by atoms with Crippen molar-refractivity contribution in [2.24, 2.45) is 7.05 Å². The highest BCUT2D eigenvalue weighted by Gasteiger charge is 2.22. The van der Waals surface area contributed by atoms with Gasteiger partial charge in [0.1, 0.15) is 11.9 Å². The minimum absolute atomic E-state index is 0.0960. The lowest BCUT2D eigenvalue weighted by Gasteiger charge is -2.15. The van der Waals surface area contributed by atoms with E-state index in [1.54, 1.807) is 26.0 Å². The molecular weight excluding hydrogens is 478 g/mol. The minimum atomic E-state index is -1.13. The van der Waals surface area contributed by atoms with Crippen molar-refractivity contribution in [2.45, 2.75) is 26.9 Å². The third-order valence-electron chi connectivity index (χ3n) is 5.23. The van der Waals surface area contributed by atoms with E-state index >= 15 is 0 Å². The molecule has 0 unspecified atom stereocenters. The van der Waals surface area contributed by atoms with Crippen molar-refractivity contribution in [3.05, 3.63) is 64.9 Å². The Morgan fingerprint density at radius 1 is 1.14 bits per heavy atom. The molecule has 0 spiro atoms. The van der Waals surface area contributed by atoms with Gasteiger partial charge < -0.3 is 14.6 Å². The normalized spacial score (nSPS) is 11.7. The Balaban J connectivity index is 1.46. The van der Waals surface area contributed by atoms with Crippen LogP contribution in [0.4, 0.5) is 25.1 Å². The molecule has 4 rings (SSSR count). The fraction of sp³-hybridized carbons (Fsp3) is 0.227. The van der Waals surface area contributed by atoms with Gasteiger partial charge in [-0.25, -0.2) is 18.9 Å². The molecule has 0 aliphatic carbocycles. The van der Waals surface area contributed by atoms with Gasteiger partial charge in [0.05, 0.1) is 35.0 Å². The molecule has 0 aliphatic heterocycles. The van der Waals surface area contributed by atoms with Crippen LogP contribution in [0.2, 0.25) is 0 Å². The number of rotatable bonds is 6. The van der Waals surface area contributed by atoms with Gasteiger partial charge in [-0.15, -0.1) is 5.10 Å². The van der Waals surface area contributed by atoms with E-state index in [0.29, 0.717) is 22.6 Å². The summed E-state index contributed by atoms with van der Waals surface area (Å²) in [5.41, 5.74) is 1.95. The number of pyridine rings is 2. The second-order valence-corrected chi connectivity index (χ2v) is 7.72. The van der Waals surface area contributed by atoms with E-state index in [1.165, 1.54) is 24.9 Å². The molecule has 0 bridgehead atoms. The number of hydrogen-bond acceptors (Lipinski definition) is 9. The van der Waals surface area contributed by atoms with Crippen LogP contribution in [-0.2, 0) is 11.8 Å². The van der Waals surface area contributed by atoms with E-state index in [4.69, 9.17) is 9.26 Å². The summed E-state index contributed by atoms with van der Waals surface area (Å²) < 4.78 is 38.8. The summed E-state index contributed by atoms with van der Waals surface area (Å²) in [6.45, 7) is 4.82. The van der Waals surface area contributed by atoms with Crippen molar-refractivity contribution in [1.82, 2.24) is 30.1 Å². The number of aromatic nitrogens is 6. The molecule has 0 aromatic carbocycles. The fourth-order valence-electron chi connectivity index (χ4n) is 3.17. The number of hydrogen-bond donors (Lipinski definition) is 2. The van der Waals surface area contributed by atoms with E-state index < -0.39 is 29.9 Å². The Hall–Kier alpha value is -4.75. The van der Waals surface area contributed by atoms with Gasteiger partial charge in [-0.2, -0.15) is 4.39 Å². The van der Waals surface area contributed by atoms with Gasteiger partial charge in [-0.3, -0.25) is 15.1 Å². The summed E-state index contributed by atoms with van der Waals surface area (Å²) in [7, 11) is 1.53. The zero-order valence-corrected chi connectivity index (χ0v) is 19.5. The number of halogens is 2. The topological polar surface area (TPSA) is 150 Å². The van der Waals surface area contributed by atoms with E-state index in [2.05, 4.69) is 36.1 Å². The van der Waals surface area contributed by atoms with Crippen LogP contribution >= 0.6 is 0 Å². The number of aryl methyl sites for hydroxylation is 2. The summed E-state index contributed by atoms with van der Waals surface area (Å²) >= 11 is 0. The van der Waals surface area contributed by atoms with Crippen LogP contribution in [-0.4, -0.2) is 42.1 Å². The summed E-state index contributed by atoms with van der Waals surface area (Å²) in [6.07, 6.45) is 0.0266. The molecule has 36 heavy (non-hydrogen) atoms. The first-order valence-electron chi connectivity index (χ1n) is 10.5. The van der Waals surface area contributed by atoms with Crippen LogP contribution in [0.1, 0.15) is 40.4 Å². The first-order chi connectivity index (χ1) is 17.1. The lowest BCUT2D eigenvalue weighted by atomic mass is 10.2. The van der Waals surface area contributed by atoms with E-state index in [-0.39, 0.29) is 22.8 Å². The zero-order valence-electron chi connectivity index (χ0n) is 19.5. The molecule has 0 saturated carbocycles. The first kappa shape index (κ1) is 24.4. The number of carbonyl (C=O) groups is 2. The Morgan fingerprint density at radius 2 is 1.92 bits per heavy atom. The molecule has 12 nitrogen and oxygen atoms in total. The van der Waals surface area contributed by atoms with Crippen LogP contribution in [0.15, 0.2) is 35.1 Å². The maximum Gasteiger partial charge on any atom is 0.413 e. The fourth-order valence-corrected chi connectivity index (χ4v) is 3.17. The highest BCUT2D eigenvalue weighted by molar-refractivity contribution is 6.03. The van der Waals surface area contributed by atoms with Crippen molar-refractivity contribution >= 4 is 23.5 Å². The number of ether oxygens (including phenoxy) is 1. The Labute approximate surface area is 202 Å². The van der Waals surface area contributed by atoms with Gasteiger partial charge >= 0.3 is 6.09 Å². The predicted octanol–water partition coefficient (Wildman–Crippen LogP) is 3.72. The molecule has 4 aromatic heterocycles. The zero-order chi connectivity index (χ0) is 26.0. The minimum Gasteiger partial charge on any atom is -0.441 e. The number of anilines is 2. The largest absolute Gasteiger partial charge is 0.441 e. The van der Waals surface area contributed by atoms with Crippen LogP contribution in [0, 0.1) is 25.6 Å². The Bertz CT molecular complexity index is 1430. The van der Waals surface area contributed by atoms with Crippen molar-refractivity contribution in [3.8, 4) is 11.4 Å². The summed E-state index contributed by atoms with van der Waals surface area (Å²) in [4.78, 5) is 32.4. The summed E-state index contributed by atoms with van der Waals surface area (Å²) in [5, 5.41) is 16.8. The average Bonchev–Trinajstić information content (AvgIpc) is 3.37. The monoisotopic (exact) mass is 498 g/mol. The number of carbonyl (C=O) groups excluding carboxylic acids is 2. The molecule has 0 aliphatic rings. The molecule has 186 valence electrons. The molecule has 2 amide bonds. The van der Waals surface area contributed by atoms with Gasteiger partial charge in [0.25, 0.3) is 5.91 Å². The van der Waals surface area contributed by atoms with Gasteiger partial charge in [-0.05, 0) is 39.0 Å². The average molecular weight is 498 g/mol. The number of amides is 2. The molecule has 0 fully saturated rings. The van der Waals surface area contributed by atoms with E-state index in [0.717, 1.165) is 12.3 Å². The lowest BCUT2D eigenvalue weighted by molar-refractivity contribution is 0.0986. The van der Waals surface area contributed by atoms with Gasteiger partial charge in [0.2, 0.25) is 11.7 Å². The van der Waals surface area contributed by atoms with Crippen LogP contribution < -0.4 is 10.6 Å². The standard InChI is InChI=1S/C22H20F2N8O4/c1-10-11(2)30-36-18(10)21(33)27-14-5-6-16(25-9-14)17-20(32(4)31-29-17)28-22(34)35-12(3)15-7-13(23)8-26-19(15)24/h5-9,12H,1-4H3,(H,27,33)(H,28,34)/t12-/m1/s1. The van der Waals surface area contributed by atoms with Gasteiger partial charge in [-0.1, -0.05) is 10.4 Å². The van der Waals surface area contributed by atoms with Crippen molar-refractivity contribution in [2.75, 3.05) is 10.6 Å². The van der Waals surface area contributed by atoms with Crippen molar-refractivity contribution in [1.29, 1.82) is 0 Å². The molecule has 0 saturated heterocycles. The Kier molecular flexibility index (Phi) is 6.67. The van der Waals surface area contributed by atoms with Crippen LogP contribution in [0.5, 0.6) is 0 Å². The second-order valence-electron chi connectivity index (χ2n) is 7.72. The van der Waals surface area contributed by atoms with E-state index in [1.807, 2.05) is 0 Å². The predicted molar refractivity (Wildman–Crippen MR) is 121 cm³/mol. The van der Waals surface area contributed by atoms with Crippen LogP contribution in [0.3, 0.4) is 0 Å². The third kappa shape index (κ3) is 5.01. The molecular formula is C22H20F2N8O4. The molecule has 2 N–H and O–H groups in total.